The molecule has 0 heterocycles. The summed E-state index contributed by atoms with van der Waals surface area (Å²) in [5.74, 6) is 1.17. The standard InChI is InChI=1S/C18H27NO/c1-19(15-17-11-6-3-7-12-17)18(20)14-8-13-16-9-4-2-5-10-16/h3,6-7,11-12,16H,2,4-5,8-10,13-15H2,1H3. The summed E-state index contributed by atoms with van der Waals surface area (Å²) in [6.07, 6.45) is 9.98. The molecular formula is C18H27NO. The molecular weight excluding hydrogens is 246 g/mol. The number of rotatable bonds is 6. The summed E-state index contributed by atoms with van der Waals surface area (Å²) >= 11 is 0. The smallest absolute Gasteiger partial charge is 0.222 e. The lowest BCUT2D eigenvalue weighted by molar-refractivity contribution is -0.130. The molecule has 1 aromatic rings. The van der Waals surface area contributed by atoms with Crippen LogP contribution in [0, 0.1) is 5.92 Å². The second kappa shape index (κ2) is 8.08. The summed E-state index contributed by atoms with van der Waals surface area (Å²) in [7, 11) is 1.91. The highest BCUT2D eigenvalue weighted by atomic mass is 16.2. The molecule has 0 aromatic heterocycles. The summed E-state index contributed by atoms with van der Waals surface area (Å²) in [4.78, 5) is 14.0. The van der Waals surface area contributed by atoms with Crippen molar-refractivity contribution in [3.8, 4) is 0 Å². The molecule has 2 rings (SSSR count). The Hall–Kier alpha value is -1.31. The van der Waals surface area contributed by atoms with E-state index in [0.717, 1.165) is 18.9 Å². The van der Waals surface area contributed by atoms with Crippen LogP contribution >= 0.6 is 0 Å². The quantitative estimate of drug-likeness (QED) is 0.752. The molecule has 0 spiro atoms. The summed E-state index contributed by atoms with van der Waals surface area (Å²) < 4.78 is 0. The predicted molar refractivity (Wildman–Crippen MR) is 83.3 cm³/mol. The Morgan fingerprint density at radius 1 is 1.15 bits per heavy atom. The lowest BCUT2D eigenvalue weighted by Gasteiger charge is -2.22. The zero-order chi connectivity index (χ0) is 14.2. The normalized spacial score (nSPS) is 16.1. The fourth-order valence-electron chi connectivity index (χ4n) is 3.15. The van der Waals surface area contributed by atoms with Gasteiger partial charge in [0.2, 0.25) is 5.91 Å². The van der Waals surface area contributed by atoms with Gasteiger partial charge in [0, 0.05) is 20.0 Å². The Morgan fingerprint density at radius 3 is 2.55 bits per heavy atom. The third-order valence-electron chi connectivity index (χ3n) is 4.42. The second-order valence-corrected chi connectivity index (χ2v) is 6.13. The van der Waals surface area contributed by atoms with Crippen molar-refractivity contribution in [1.29, 1.82) is 0 Å². The van der Waals surface area contributed by atoms with E-state index >= 15 is 0 Å². The Morgan fingerprint density at radius 2 is 1.85 bits per heavy atom. The van der Waals surface area contributed by atoms with Crippen molar-refractivity contribution in [1.82, 2.24) is 4.90 Å². The van der Waals surface area contributed by atoms with Crippen molar-refractivity contribution >= 4 is 5.91 Å². The minimum atomic E-state index is 0.282. The maximum absolute atomic E-state index is 12.1. The van der Waals surface area contributed by atoms with Crippen LogP contribution in [0.25, 0.3) is 0 Å². The van der Waals surface area contributed by atoms with E-state index in [-0.39, 0.29) is 5.91 Å². The summed E-state index contributed by atoms with van der Waals surface area (Å²) in [5.41, 5.74) is 1.20. The van der Waals surface area contributed by atoms with Crippen molar-refractivity contribution in [2.24, 2.45) is 5.92 Å². The largest absolute Gasteiger partial charge is 0.341 e. The molecule has 0 atom stereocenters. The molecule has 110 valence electrons. The van der Waals surface area contributed by atoms with Gasteiger partial charge in [-0.05, 0) is 24.3 Å². The summed E-state index contributed by atoms with van der Waals surface area (Å²) in [6.45, 7) is 0.725. The third kappa shape index (κ3) is 4.99. The van der Waals surface area contributed by atoms with Crippen LogP contribution < -0.4 is 0 Å². The fraction of sp³-hybridized carbons (Fsp3) is 0.611. The van der Waals surface area contributed by atoms with Crippen LogP contribution in [0.5, 0.6) is 0 Å². The predicted octanol–water partition coefficient (Wildman–Crippen LogP) is 4.40. The SMILES string of the molecule is CN(Cc1ccccc1)C(=O)CCCC1CCCCC1. The minimum Gasteiger partial charge on any atom is -0.341 e. The Bertz CT molecular complexity index is 395. The van der Waals surface area contributed by atoms with Crippen LogP contribution in [0.1, 0.15) is 56.9 Å². The van der Waals surface area contributed by atoms with Gasteiger partial charge in [0.15, 0.2) is 0 Å². The van der Waals surface area contributed by atoms with E-state index in [0.29, 0.717) is 6.42 Å². The molecule has 1 aromatic carbocycles. The molecule has 0 bridgehead atoms. The van der Waals surface area contributed by atoms with E-state index in [9.17, 15) is 4.79 Å². The van der Waals surface area contributed by atoms with E-state index in [1.165, 1.54) is 44.1 Å². The first-order valence-corrected chi connectivity index (χ1v) is 8.03. The number of hydrogen-bond acceptors (Lipinski definition) is 1. The van der Waals surface area contributed by atoms with Gasteiger partial charge in [-0.1, -0.05) is 62.4 Å². The molecule has 0 aliphatic heterocycles. The lowest BCUT2D eigenvalue weighted by atomic mass is 9.86. The van der Waals surface area contributed by atoms with Gasteiger partial charge in [0.25, 0.3) is 0 Å². The molecule has 1 aliphatic rings. The van der Waals surface area contributed by atoms with E-state index in [2.05, 4.69) is 12.1 Å². The van der Waals surface area contributed by atoms with E-state index in [4.69, 9.17) is 0 Å². The van der Waals surface area contributed by atoms with E-state index in [1.807, 2.05) is 30.1 Å². The zero-order valence-corrected chi connectivity index (χ0v) is 12.7. The molecule has 20 heavy (non-hydrogen) atoms. The van der Waals surface area contributed by atoms with Gasteiger partial charge in [0.1, 0.15) is 0 Å². The van der Waals surface area contributed by atoms with Crippen LogP contribution in [-0.2, 0) is 11.3 Å². The number of carbonyl (C=O) groups excluding carboxylic acids is 1. The van der Waals surface area contributed by atoms with Crippen LogP contribution in [-0.4, -0.2) is 17.9 Å². The first-order chi connectivity index (χ1) is 9.75. The molecule has 1 amide bonds. The van der Waals surface area contributed by atoms with Gasteiger partial charge in [-0.3, -0.25) is 4.79 Å². The number of nitrogens with zero attached hydrogens (tertiary/aromatic N) is 1. The number of benzene rings is 1. The van der Waals surface area contributed by atoms with E-state index in [1.54, 1.807) is 0 Å². The van der Waals surface area contributed by atoms with Crippen molar-refractivity contribution in [2.75, 3.05) is 7.05 Å². The molecule has 0 N–H and O–H groups in total. The first kappa shape index (κ1) is 15.1. The highest BCUT2D eigenvalue weighted by Crippen LogP contribution is 2.27. The van der Waals surface area contributed by atoms with Gasteiger partial charge in [-0.15, -0.1) is 0 Å². The Balaban J connectivity index is 1.66. The van der Waals surface area contributed by atoms with Gasteiger partial charge in [0.05, 0.1) is 0 Å². The summed E-state index contributed by atoms with van der Waals surface area (Å²) in [5, 5.41) is 0. The highest BCUT2D eigenvalue weighted by molar-refractivity contribution is 5.75. The third-order valence-corrected chi connectivity index (χ3v) is 4.42. The average molecular weight is 273 g/mol. The van der Waals surface area contributed by atoms with Crippen LogP contribution in [0.3, 0.4) is 0 Å². The van der Waals surface area contributed by atoms with Crippen LogP contribution in [0.2, 0.25) is 0 Å². The topological polar surface area (TPSA) is 20.3 Å². The van der Waals surface area contributed by atoms with Gasteiger partial charge < -0.3 is 4.90 Å². The molecule has 1 fully saturated rings. The Kier molecular flexibility index (Phi) is 6.10. The van der Waals surface area contributed by atoms with Crippen molar-refractivity contribution in [3.63, 3.8) is 0 Å². The zero-order valence-electron chi connectivity index (χ0n) is 12.7. The van der Waals surface area contributed by atoms with Crippen LogP contribution in [0.4, 0.5) is 0 Å². The first-order valence-electron chi connectivity index (χ1n) is 8.03. The molecule has 0 unspecified atom stereocenters. The monoisotopic (exact) mass is 273 g/mol. The van der Waals surface area contributed by atoms with Gasteiger partial charge in [-0.25, -0.2) is 0 Å². The van der Waals surface area contributed by atoms with Crippen molar-refractivity contribution in [2.45, 2.75) is 57.9 Å². The van der Waals surface area contributed by atoms with Crippen molar-refractivity contribution in [3.05, 3.63) is 35.9 Å². The molecule has 1 aliphatic carbocycles. The molecule has 1 saturated carbocycles. The minimum absolute atomic E-state index is 0.282. The Labute approximate surface area is 123 Å². The fourth-order valence-corrected chi connectivity index (χ4v) is 3.15. The molecule has 2 nitrogen and oxygen atoms in total. The van der Waals surface area contributed by atoms with Gasteiger partial charge in [-0.2, -0.15) is 0 Å². The molecule has 2 heteroatoms. The molecule has 0 radical (unpaired) electrons. The maximum Gasteiger partial charge on any atom is 0.222 e. The highest BCUT2D eigenvalue weighted by Gasteiger charge is 2.14. The lowest BCUT2D eigenvalue weighted by Crippen LogP contribution is -2.26. The van der Waals surface area contributed by atoms with Crippen molar-refractivity contribution < 1.29 is 4.79 Å². The van der Waals surface area contributed by atoms with E-state index < -0.39 is 0 Å². The number of amides is 1. The van der Waals surface area contributed by atoms with Gasteiger partial charge >= 0.3 is 0 Å². The number of hydrogen-bond donors (Lipinski definition) is 0. The molecule has 0 saturated heterocycles. The average Bonchev–Trinajstić information content (AvgIpc) is 2.49. The maximum atomic E-state index is 12.1. The van der Waals surface area contributed by atoms with Crippen LogP contribution in [0.15, 0.2) is 30.3 Å². The summed E-state index contributed by atoms with van der Waals surface area (Å²) in [6, 6.07) is 10.2. The number of carbonyl (C=O) groups is 1. The second-order valence-electron chi connectivity index (χ2n) is 6.13.